The van der Waals surface area contributed by atoms with E-state index in [0.29, 0.717) is 6.04 Å². The van der Waals surface area contributed by atoms with Crippen molar-refractivity contribution in [3.8, 4) is 0 Å². The van der Waals surface area contributed by atoms with Gasteiger partial charge in [0, 0.05) is 16.8 Å². The summed E-state index contributed by atoms with van der Waals surface area (Å²) in [5.41, 5.74) is 0. The first-order valence-electron chi connectivity index (χ1n) is 5.54. The Morgan fingerprint density at radius 2 is 2.43 bits per heavy atom. The van der Waals surface area contributed by atoms with Crippen LogP contribution < -0.4 is 5.32 Å². The summed E-state index contributed by atoms with van der Waals surface area (Å²) >= 11 is 1.91. The predicted octanol–water partition coefficient (Wildman–Crippen LogP) is 3.24. The maximum Gasteiger partial charge on any atom is 0.0147 e. The fourth-order valence-corrected chi connectivity index (χ4v) is 3.29. The molecule has 0 aromatic carbocycles. The third-order valence-electron chi connectivity index (χ3n) is 2.98. The van der Waals surface area contributed by atoms with E-state index in [1.165, 1.54) is 19.4 Å². The molecule has 1 fully saturated rings. The Labute approximate surface area is 90.5 Å². The molecule has 1 nitrogen and oxygen atoms in total. The summed E-state index contributed by atoms with van der Waals surface area (Å²) < 4.78 is 0. The van der Waals surface area contributed by atoms with Crippen molar-refractivity contribution in [1.82, 2.24) is 5.32 Å². The molecule has 1 N–H and O–H groups in total. The lowest BCUT2D eigenvalue weighted by molar-refractivity contribution is 0.436. The summed E-state index contributed by atoms with van der Waals surface area (Å²) in [5.74, 6) is 1.57. The minimum atomic E-state index is 0.716. The molecule has 0 amide bonds. The van der Waals surface area contributed by atoms with E-state index in [1.54, 1.807) is 4.88 Å². The van der Waals surface area contributed by atoms with Crippen molar-refractivity contribution in [3.63, 3.8) is 0 Å². The lowest BCUT2D eigenvalue weighted by Crippen LogP contribution is -2.27. The number of rotatable bonds is 3. The monoisotopic (exact) mass is 209 g/mol. The summed E-state index contributed by atoms with van der Waals surface area (Å²) in [6, 6.07) is 5.18. The second-order valence-electron chi connectivity index (χ2n) is 4.60. The molecule has 78 valence electrons. The first kappa shape index (κ1) is 10.2. The van der Waals surface area contributed by atoms with Crippen LogP contribution in [0.1, 0.15) is 37.5 Å². The summed E-state index contributed by atoms with van der Waals surface area (Å²) in [6.07, 6.45) is 2.63. The Kier molecular flexibility index (Phi) is 3.24. The van der Waals surface area contributed by atoms with E-state index in [-0.39, 0.29) is 0 Å². The van der Waals surface area contributed by atoms with Crippen LogP contribution in [-0.2, 0) is 0 Å². The summed E-state index contributed by atoms with van der Waals surface area (Å²) in [5, 5.41) is 5.83. The molecule has 0 bridgehead atoms. The van der Waals surface area contributed by atoms with Crippen molar-refractivity contribution in [3.05, 3.63) is 22.4 Å². The van der Waals surface area contributed by atoms with Gasteiger partial charge in [0.05, 0.1) is 0 Å². The van der Waals surface area contributed by atoms with E-state index in [4.69, 9.17) is 0 Å². The molecule has 1 aromatic rings. The molecule has 2 heterocycles. The Bertz CT molecular complexity index is 266. The number of nitrogens with one attached hydrogen (secondary N) is 1. The summed E-state index contributed by atoms with van der Waals surface area (Å²) in [7, 11) is 0. The van der Waals surface area contributed by atoms with Crippen LogP contribution in [0.4, 0.5) is 0 Å². The van der Waals surface area contributed by atoms with Crippen molar-refractivity contribution in [2.45, 2.75) is 38.6 Å². The van der Waals surface area contributed by atoms with E-state index >= 15 is 0 Å². The zero-order valence-corrected chi connectivity index (χ0v) is 9.81. The normalized spacial score (nSPS) is 27.4. The Morgan fingerprint density at radius 3 is 3.07 bits per heavy atom. The summed E-state index contributed by atoms with van der Waals surface area (Å²) in [4.78, 5) is 1.57. The highest BCUT2D eigenvalue weighted by Gasteiger charge is 2.28. The second kappa shape index (κ2) is 4.45. The zero-order valence-electron chi connectivity index (χ0n) is 8.99. The molecule has 2 heteroatoms. The SMILES string of the molecule is CC(C)CC1NCCC1c1cccs1. The van der Waals surface area contributed by atoms with Gasteiger partial charge in [0.2, 0.25) is 0 Å². The van der Waals surface area contributed by atoms with Gasteiger partial charge in [-0.1, -0.05) is 19.9 Å². The largest absolute Gasteiger partial charge is 0.313 e. The second-order valence-corrected chi connectivity index (χ2v) is 5.58. The molecule has 2 unspecified atom stereocenters. The molecule has 1 aliphatic heterocycles. The van der Waals surface area contributed by atoms with Crippen LogP contribution in [0.5, 0.6) is 0 Å². The molecular weight excluding hydrogens is 190 g/mol. The number of thiophene rings is 1. The van der Waals surface area contributed by atoms with Crippen LogP contribution in [-0.4, -0.2) is 12.6 Å². The minimum Gasteiger partial charge on any atom is -0.313 e. The molecule has 14 heavy (non-hydrogen) atoms. The third kappa shape index (κ3) is 2.18. The predicted molar refractivity (Wildman–Crippen MR) is 62.9 cm³/mol. The van der Waals surface area contributed by atoms with E-state index in [1.807, 2.05) is 11.3 Å². The number of hydrogen-bond acceptors (Lipinski definition) is 2. The molecule has 0 saturated carbocycles. The van der Waals surface area contributed by atoms with Crippen molar-refractivity contribution >= 4 is 11.3 Å². The molecule has 1 aliphatic rings. The van der Waals surface area contributed by atoms with Gasteiger partial charge in [-0.25, -0.2) is 0 Å². The van der Waals surface area contributed by atoms with Crippen LogP contribution in [0, 0.1) is 5.92 Å². The van der Waals surface area contributed by atoms with Gasteiger partial charge < -0.3 is 5.32 Å². The van der Waals surface area contributed by atoms with Crippen LogP contribution >= 0.6 is 11.3 Å². The van der Waals surface area contributed by atoms with Crippen molar-refractivity contribution < 1.29 is 0 Å². The van der Waals surface area contributed by atoms with Gasteiger partial charge in [-0.15, -0.1) is 11.3 Å². The molecule has 0 radical (unpaired) electrons. The maximum absolute atomic E-state index is 3.63. The van der Waals surface area contributed by atoms with Crippen LogP contribution in [0.3, 0.4) is 0 Å². The topological polar surface area (TPSA) is 12.0 Å². The minimum absolute atomic E-state index is 0.716. The fourth-order valence-electron chi connectivity index (χ4n) is 2.37. The first-order chi connectivity index (χ1) is 6.77. The van der Waals surface area contributed by atoms with Gasteiger partial charge in [0.15, 0.2) is 0 Å². The lowest BCUT2D eigenvalue weighted by Gasteiger charge is -2.20. The van der Waals surface area contributed by atoms with Crippen molar-refractivity contribution in [2.75, 3.05) is 6.54 Å². The van der Waals surface area contributed by atoms with Gasteiger partial charge >= 0.3 is 0 Å². The van der Waals surface area contributed by atoms with Gasteiger partial charge in [-0.3, -0.25) is 0 Å². The zero-order chi connectivity index (χ0) is 9.97. The van der Waals surface area contributed by atoms with Crippen LogP contribution in [0.2, 0.25) is 0 Å². The Balaban J connectivity index is 2.04. The van der Waals surface area contributed by atoms with Crippen LogP contribution in [0.15, 0.2) is 17.5 Å². The molecule has 2 rings (SSSR count). The van der Waals surface area contributed by atoms with Gasteiger partial charge in [-0.05, 0) is 36.8 Å². The highest BCUT2D eigenvalue weighted by Crippen LogP contribution is 2.33. The quantitative estimate of drug-likeness (QED) is 0.806. The smallest absolute Gasteiger partial charge is 0.0147 e. The highest BCUT2D eigenvalue weighted by atomic mass is 32.1. The van der Waals surface area contributed by atoms with Crippen LogP contribution in [0.25, 0.3) is 0 Å². The van der Waals surface area contributed by atoms with E-state index in [2.05, 4.69) is 36.7 Å². The van der Waals surface area contributed by atoms with Gasteiger partial charge in [0.25, 0.3) is 0 Å². The fraction of sp³-hybridized carbons (Fsp3) is 0.667. The average molecular weight is 209 g/mol. The lowest BCUT2D eigenvalue weighted by atomic mass is 9.92. The van der Waals surface area contributed by atoms with E-state index in [9.17, 15) is 0 Å². The molecule has 2 atom stereocenters. The molecule has 0 aliphatic carbocycles. The molecular formula is C12H19NS. The highest BCUT2D eigenvalue weighted by molar-refractivity contribution is 7.10. The third-order valence-corrected chi connectivity index (χ3v) is 3.99. The molecule has 1 saturated heterocycles. The summed E-state index contributed by atoms with van der Waals surface area (Å²) in [6.45, 7) is 5.82. The van der Waals surface area contributed by atoms with E-state index in [0.717, 1.165) is 11.8 Å². The average Bonchev–Trinajstić information content (AvgIpc) is 2.70. The molecule has 1 aromatic heterocycles. The standard InChI is InChI=1S/C12H19NS/c1-9(2)8-11-10(5-6-13-11)12-4-3-7-14-12/h3-4,7,9-11,13H,5-6,8H2,1-2H3. The number of hydrogen-bond donors (Lipinski definition) is 1. The maximum atomic E-state index is 3.63. The van der Waals surface area contributed by atoms with Gasteiger partial charge in [0.1, 0.15) is 0 Å². The first-order valence-corrected chi connectivity index (χ1v) is 6.42. The van der Waals surface area contributed by atoms with E-state index < -0.39 is 0 Å². The Morgan fingerprint density at radius 1 is 1.57 bits per heavy atom. The Hall–Kier alpha value is -0.340. The van der Waals surface area contributed by atoms with Gasteiger partial charge in [-0.2, -0.15) is 0 Å². The van der Waals surface area contributed by atoms with Crippen molar-refractivity contribution in [1.29, 1.82) is 0 Å². The molecule has 0 spiro atoms. The van der Waals surface area contributed by atoms with Crippen molar-refractivity contribution in [2.24, 2.45) is 5.92 Å².